The zero-order chi connectivity index (χ0) is 22.2. The lowest BCUT2D eigenvalue weighted by molar-refractivity contribution is 0.0842. The van der Waals surface area contributed by atoms with Crippen LogP contribution >= 0.6 is 12.2 Å². The van der Waals surface area contributed by atoms with Gasteiger partial charge in [-0.05, 0) is 74.8 Å². The van der Waals surface area contributed by atoms with Crippen LogP contribution < -0.4 is 5.32 Å². The molecule has 3 atom stereocenters. The molecule has 7 heteroatoms. The molecule has 2 aliphatic rings. The van der Waals surface area contributed by atoms with E-state index in [1.807, 2.05) is 42.6 Å². The van der Waals surface area contributed by atoms with Gasteiger partial charge in [-0.3, -0.25) is 4.98 Å². The molecule has 0 amide bonds. The first-order valence-electron chi connectivity index (χ1n) is 11.1. The minimum atomic E-state index is -0.0663. The van der Waals surface area contributed by atoms with Crippen LogP contribution in [0.5, 0.6) is 5.75 Å². The molecule has 0 unspecified atom stereocenters. The largest absolute Gasteiger partial charge is 0.506 e. The average molecular weight is 449 g/mol. The number of aromatic nitrogens is 2. The van der Waals surface area contributed by atoms with Crippen molar-refractivity contribution in [2.45, 2.75) is 44.9 Å². The number of nitrogens with zero attached hydrogens (tertiary/aromatic N) is 3. The van der Waals surface area contributed by atoms with Crippen LogP contribution in [0.3, 0.4) is 0 Å². The molecule has 2 aromatic heterocycles. The SMILES string of the molecule is Cc1cc([C@H]2[C@@H](c3ccccn3)NC(=S)N2C[C@@H]2CCCO2)c(C)n1-c1ccccc1O. The van der Waals surface area contributed by atoms with Crippen LogP contribution in [0.4, 0.5) is 0 Å². The van der Waals surface area contributed by atoms with Gasteiger partial charge >= 0.3 is 0 Å². The second-order valence-electron chi connectivity index (χ2n) is 8.56. The van der Waals surface area contributed by atoms with Crippen LogP contribution in [0.15, 0.2) is 54.7 Å². The second-order valence-corrected chi connectivity index (χ2v) is 8.95. The van der Waals surface area contributed by atoms with Crippen LogP contribution in [-0.4, -0.2) is 43.9 Å². The molecule has 6 nitrogen and oxygen atoms in total. The molecule has 166 valence electrons. The number of ether oxygens (including phenoxy) is 1. The first kappa shape index (κ1) is 21.0. The second kappa shape index (κ2) is 8.56. The molecule has 32 heavy (non-hydrogen) atoms. The lowest BCUT2D eigenvalue weighted by Gasteiger charge is -2.30. The Bertz CT molecular complexity index is 1120. The number of hydrogen-bond donors (Lipinski definition) is 2. The maximum Gasteiger partial charge on any atom is 0.170 e. The molecule has 5 rings (SSSR count). The first-order valence-corrected chi connectivity index (χ1v) is 11.5. The van der Waals surface area contributed by atoms with E-state index in [4.69, 9.17) is 17.0 Å². The highest BCUT2D eigenvalue weighted by atomic mass is 32.1. The number of pyridine rings is 1. The van der Waals surface area contributed by atoms with Crippen LogP contribution in [0.2, 0.25) is 0 Å². The molecule has 2 aliphatic heterocycles. The molecule has 0 aliphatic carbocycles. The Kier molecular flexibility index (Phi) is 5.61. The minimum absolute atomic E-state index is 0.0209. The monoisotopic (exact) mass is 448 g/mol. The van der Waals surface area contributed by atoms with E-state index in [2.05, 4.69) is 39.7 Å². The molecule has 2 saturated heterocycles. The number of para-hydroxylation sites is 2. The summed E-state index contributed by atoms with van der Waals surface area (Å²) in [5, 5.41) is 14.8. The lowest BCUT2D eigenvalue weighted by atomic mass is 9.96. The van der Waals surface area contributed by atoms with Gasteiger partial charge in [0.25, 0.3) is 0 Å². The molecule has 0 spiro atoms. The van der Waals surface area contributed by atoms with E-state index in [9.17, 15) is 5.11 Å². The Morgan fingerprint density at radius 3 is 2.72 bits per heavy atom. The number of rotatable bonds is 5. The predicted octanol–water partition coefficient (Wildman–Crippen LogP) is 4.35. The number of nitrogens with one attached hydrogen (secondary N) is 1. The number of aryl methyl sites for hydroxylation is 1. The summed E-state index contributed by atoms with van der Waals surface area (Å²) in [4.78, 5) is 6.91. The molecule has 2 N–H and O–H groups in total. The highest BCUT2D eigenvalue weighted by Crippen LogP contribution is 2.42. The topological polar surface area (TPSA) is 62.5 Å². The van der Waals surface area contributed by atoms with Gasteiger partial charge in [0.15, 0.2) is 5.11 Å². The molecule has 0 radical (unpaired) electrons. The van der Waals surface area contributed by atoms with Crippen LogP contribution in [0, 0.1) is 13.8 Å². The summed E-state index contributed by atoms with van der Waals surface area (Å²) in [6.45, 7) is 5.74. The van der Waals surface area contributed by atoms with Crippen molar-refractivity contribution in [3.8, 4) is 11.4 Å². The number of hydrogen-bond acceptors (Lipinski definition) is 4. The van der Waals surface area contributed by atoms with Gasteiger partial charge in [-0.2, -0.15) is 0 Å². The Hall–Kier alpha value is -2.90. The maximum absolute atomic E-state index is 10.5. The summed E-state index contributed by atoms with van der Waals surface area (Å²) in [5.74, 6) is 0.262. The van der Waals surface area contributed by atoms with Gasteiger partial charge in [-0.25, -0.2) is 0 Å². The van der Waals surface area contributed by atoms with E-state index in [0.29, 0.717) is 0 Å². The summed E-state index contributed by atoms with van der Waals surface area (Å²) in [7, 11) is 0. The smallest absolute Gasteiger partial charge is 0.170 e. The fraction of sp³-hybridized carbons (Fsp3) is 0.360. The van der Waals surface area contributed by atoms with Crippen molar-refractivity contribution in [3.63, 3.8) is 0 Å². The third-order valence-electron chi connectivity index (χ3n) is 6.53. The van der Waals surface area contributed by atoms with Gasteiger partial charge in [-0.1, -0.05) is 18.2 Å². The Morgan fingerprint density at radius 1 is 1.19 bits per heavy atom. The number of thiocarbonyl (C=S) groups is 1. The van der Waals surface area contributed by atoms with Crippen molar-refractivity contribution in [2.24, 2.45) is 0 Å². The van der Waals surface area contributed by atoms with Crippen LogP contribution in [-0.2, 0) is 4.74 Å². The van der Waals surface area contributed by atoms with Gasteiger partial charge in [0.2, 0.25) is 0 Å². The molecule has 2 fully saturated rings. The quantitative estimate of drug-likeness (QED) is 0.566. The van der Waals surface area contributed by atoms with Gasteiger partial charge in [0.1, 0.15) is 5.75 Å². The fourth-order valence-electron chi connectivity index (χ4n) is 5.06. The van der Waals surface area contributed by atoms with Crippen molar-refractivity contribution >= 4 is 17.3 Å². The van der Waals surface area contributed by atoms with Gasteiger partial charge in [0.05, 0.1) is 29.6 Å². The summed E-state index contributed by atoms with van der Waals surface area (Å²) in [6, 6.07) is 15.6. The molecule has 0 saturated carbocycles. The Balaban J connectivity index is 1.60. The summed E-state index contributed by atoms with van der Waals surface area (Å²) >= 11 is 5.81. The highest BCUT2D eigenvalue weighted by Gasteiger charge is 2.42. The van der Waals surface area contributed by atoms with Crippen molar-refractivity contribution in [3.05, 3.63) is 77.4 Å². The average Bonchev–Trinajstić information content (AvgIpc) is 3.49. The lowest BCUT2D eigenvalue weighted by Crippen LogP contribution is -2.36. The van der Waals surface area contributed by atoms with Crippen molar-refractivity contribution in [1.82, 2.24) is 19.8 Å². The van der Waals surface area contributed by atoms with Crippen molar-refractivity contribution < 1.29 is 9.84 Å². The molecular formula is C25H28N4O2S. The zero-order valence-electron chi connectivity index (χ0n) is 18.4. The Morgan fingerprint density at radius 2 is 2.00 bits per heavy atom. The first-order chi connectivity index (χ1) is 15.5. The van der Waals surface area contributed by atoms with Gasteiger partial charge < -0.3 is 24.6 Å². The summed E-state index contributed by atoms with van der Waals surface area (Å²) < 4.78 is 8.07. The normalized spacial score (nSPS) is 23.0. The number of aromatic hydroxyl groups is 1. The fourth-order valence-corrected chi connectivity index (χ4v) is 5.37. The molecule has 0 bridgehead atoms. The number of phenolic OH excluding ortho intramolecular Hbond substituents is 1. The van der Waals surface area contributed by atoms with Crippen LogP contribution in [0.1, 0.15) is 47.6 Å². The summed E-state index contributed by atoms with van der Waals surface area (Å²) in [6.07, 6.45) is 4.15. The molecule has 4 heterocycles. The van der Waals surface area contributed by atoms with E-state index in [0.717, 1.165) is 53.9 Å². The summed E-state index contributed by atoms with van der Waals surface area (Å²) in [5.41, 5.74) is 5.06. The van der Waals surface area contributed by atoms with E-state index < -0.39 is 0 Å². The van der Waals surface area contributed by atoms with Gasteiger partial charge in [0, 0.05) is 30.7 Å². The zero-order valence-corrected chi connectivity index (χ0v) is 19.2. The van der Waals surface area contributed by atoms with E-state index >= 15 is 0 Å². The molecule has 1 aromatic carbocycles. The van der Waals surface area contributed by atoms with E-state index in [1.54, 1.807) is 6.07 Å². The molecular weight excluding hydrogens is 420 g/mol. The third kappa shape index (κ3) is 3.65. The van der Waals surface area contributed by atoms with Gasteiger partial charge in [-0.15, -0.1) is 0 Å². The van der Waals surface area contributed by atoms with Crippen molar-refractivity contribution in [2.75, 3.05) is 13.2 Å². The minimum Gasteiger partial charge on any atom is -0.506 e. The van der Waals surface area contributed by atoms with E-state index in [1.165, 1.54) is 5.56 Å². The highest BCUT2D eigenvalue weighted by molar-refractivity contribution is 7.80. The standard InChI is InChI=1S/C25H28N4O2S/c1-16-14-19(17(2)29(16)21-10-3-4-11-22(21)30)24-23(20-9-5-6-12-26-20)27-25(32)28(24)15-18-8-7-13-31-18/h3-6,9-12,14,18,23-24,30H,7-8,13,15H2,1-2H3,(H,27,32)/t18-,23+,24-/m0/s1. The van der Waals surface area contributed by atoms with E-state index in [-0.39, 0.29) is 23.9 Å². The molecule has 3 aromatic rings. The number of phenols is 1. The Labute approximate surface area is 193 Å². The van der Waals surface area contributed by atoms with Crippen molar-refractivity contribution in [1.29, 1.82) is 0 Å². The predicted molar refractivity (Wildman–Crippen MR) is 128 cm³/mol. The number of benzene rings is 1. The van der Waals surface area contributed by atoms with Crippen LogP contribution in [0.25, 0.3) is 5.69 Å². The third-order valence-corrected chi connectivity index (χ3v) is 6.89. The maximum atomic E-state index is 10.5.